The number of aromatic nitrogens is 2. The average Bonchev–Trinajstić information content (AvgIpc) is 2.75. The van der Waals surface area contributed by atoms with Crippen molar-refractivity contribution in [2.45, 2.75) is 6.54 Å². The van der Waals surface area contributed by atoms with Crippen LogP contribution in [0.25, 0.3) is 0 Å². The second-order valence-electron chi connectivity index (χ2n) is 3.77. The molecule has 4 nitrogen and oxygen atoms in total. The van der Waals surface area contributed by atoms with Crippen molar-refractivity contribution in [2.75, 3.05) is 0 Å². The summed E-state index contributed by atoms with van der Waals surface area (Å²) in [5, 5.41) is 2.68. The lowest BCUT2D eigenvalue weighted by Crippen LogP contribution is -2.24. The number of imidazole rings is 1. The summed E-state index contributed by atoms with van der Waals surface area (Å²) < 4.78 is 15.4. The molecule has 1 N–H and O–H groups in total. The second kappa shape index (κ2) is 5.30. The highest BCUT2D eigenvalue weighted by molar-refractivity contribution is 9.10. The summed E-state index contributed by atoms with van der Waals surface area (Å²) >= 11 is 3.04. The van der Waals surface area contributed by atoms with Gasteiger partial charge in [-0.2, -0.15) is 0 Å². The van der Waals surface area contributed by atoms with Crippen LogP contribution in [0.4, 0.5) is 4.39 Å². The third kappa shape index (κ3) is 2.76. The van der Waals surface area contributed by atoms with Crippen molar-refractivity contribution in [3.05, 3.63) is 52.3 Å². The highest BCUT2D eigenvalue weighted by Gasteiger charge is 2.09. The first-order chi connectivity index (χ1) is 8.58. The number of nitrogens with zero attached hydrogens (tertiary/aromatic N) is 2. The molecular weight excluding hydrogens is 301 g/mol. The van der Waals surface area contributed by atoms with E-state index in [-0.39, 0.29) is 11.5 Å². The molecule has 0 atom stereocenters. The Balaban J connectivity index is 2.04. The molecular formula is C12H11BrFN3O. The van der Waals surface area contributed by atoms with Crippen LogP contribution in [0.15, 0.2) is 35.1 Å². The molecule has 0 aliphatic heterocycles. The van der Waals surface area contributed by atoms with Crippen LogP contribution in [0, 0.1) is 5.82 Å². The lowest BCUT2D eigenvalue weighted by atomic mass is 10.2. The van der Waals surface area contributed by atoms with Gasteiger partial charge < -0.3 is 9.88 Å². The second-order valence-corrected chi connectivity index (χ2v) is 4.62. The van der Waals surface area contributed by atoms with E-state index in [1.807, 2.05) is 11.6 Å². The largest absolute Gasteiger partial charge is 0.345 e. The summed E-state index contributed by atoms with van der Waals surface area (Å²) in [7, 11) is 1.84. The summed E-state index contributed by atoms with van der Waals surface area (Å²) in [4.78, 5) is 15.9. The monoisotopic (exact) mass is 311 g/mol. The van der Waals surface area contributed by atoms with Gasteiger partial charge in [0.2, 0.25) is 0 Å². The van der Waals surface area contributed by atoms with Gasteiger partial charge in [-0.3, -0.25) is 4.79 Å². The Labute approximate surface area is 112 Å². The molecule has 0 radical (unpaired) electrons. The first kappa shape index (κ1) is 12.8. The number of nitrogens with one attached hydrogen (secondary N) is 1. The molecule has 1 aromatic carbocycles. The molecule has 94 valence electrons. The van der Waals surface area contributed by atoms with Crippen LogP contribution >= 0.6 is 15.9 Å². The molecule has 0 unspecified atom stereocenters. The minimum Gasteiger partial charge on any atom is -0.345 e. The van der Waals surface area contributed by atoms with E-state index in [0.717, 1.165) is 5.82 Å². The molecule has 0 bridgehead atoms. The van der Waals surface area contributed by atoms with E-state index in [0.29, 0.717) is 11.0 Å². The van der Waals surface area contributed by atoms with Gasteiger partial charge in [0, 0.05) is 25.0 Å². The Kier molecular flexibility index (Phi) is 3.76. The molecule has 0 aliphatic carbocycles. The topological polar surface area (TPSA) is 46.9 Å². The van der Waals surface area contributed by atoms with Crippen molar-refractivity contribution in [2.24, 2.45) is 7.05 Å². The van der Waals surface area contributed by atoms with Crippen LogP contribution in [-0.2, 0) is 13.6 Å². The molecule has 2 aromatic rings. The number of hydrogen-bond acceptors (Lipinski definition) is 2. The Morgan fingerprint density at radius 3 is 2.94 bits per heavy atom. The number of amides is 1. The number of carbonyl (C=O) groups excluding carboxylic acids is 1. The number of aryl methyl sites for hydroxylation is 1. The van der Waals surface area contributed by atoms with Gasteiger partial charge in [0.15, 0.2) is 0 Å². The number of halogens is 2. The van der Waals surface area contributed by atoms with Gasteiger partial charge in [0.25, 0.3) is 5.91 Å². The van der Waals surface area contributed by atoms with E-state index in [2.05, 4.69) is 26.2 Å². The maximum Gasteiger partial charge on any atom is 0.251 e. The van der Waals surface area contributed by atoms with Crippen LogP contribution < -0.4 is 5.32 Å². The maximum absolute atomic E-state index is 13.3. The van der Waals surface area contributed by atoms with Gasteiger partial charge in [-0.05, 0) is 34.1 Å². The molecule has 0 saturated carbocycles. The van der Waals surface area contributed by atoms with E-state index in [9.17, 15) is 9.18 Å². The number of carbonyl (C=O) groups is 1. The molecule has 0 spiro atoms. The highest BCUT2D eigenvalue weighted by Crippen LogP contribution is 2.16. The average molecular weight is 312 g/mol. The molecule has 1 amide bonds. The third-order valence-electron chi connectivity index (χ3n) is 2.51. The van der Waals surface area contributed by atoms with Gasteiger partial charge in [-0.1, -0.05) is 0 Å². The molecule has 0 saturated heterocycles. The van der Waals surface area contributed by atoms with Crippen LogP contribution in [-0.4, -0.2) is 15.5 Å². The summed E-state index contributed by atoms with van der Waals surface area (Å²) in [5.74, 6) is -0.0509. The lowest BCUT2D eigenvalue weighted by molar-refractivity contribution is 0.0949. The number of benzene rings is 1. The zero-order chi connectivity index (χ0) is 13.1. The normalized spacial score (nSPS) is 10.4. The van der Waals surface area contributed by atoms with Crippen molar-refractivity contribution in [1.29, 1.82) is 0 Å². The Morgan fingerprint density at radius 2 is 2.33 bits per heavy atom. The molecule has 1 heterocycles. The highest BCUT2D eigenvalue weighted by atomic mass is 79.9. The summed E-state index contributed by atoms with van der Waals surface area (Å²) in [6, 6.07) is 4.25. The van der Waals surface area contributed by atoms with Gasteiger partial charge in [-0.15, -0.1) is 0 Å². The van der Waals surface area contributed by atoms with Crippen LogP contribution in [0.5, 0.6) is 0 Å². The first-order valence-electron chi connectivity index (χ1n) is 5.27. The van der Waals surface area contributed by atoms with E-state index < -0.39 is 5.82 Å². The summed E-state index contributed by atoms with van der Waals surface area (Å²) in [5.41, 5.74) is 0.282. The standard InChI is InChI=1S/C12H11BrFN3O/c1-17-5-4-15-11(17)7-16-12(18)8-2-3-9(13)10(14)6-8/h2-6H,7H2,1H3,(H,16,18). The molecule has 6 heteroatoms. The van der Waals surface area contributed by atoms with Crippen molar-refractivity contribution in [3.63, 3.8) is 0 Å². The maximum atomic E-state index is 13.3. The Hall–Kier alpha value is -1.69. The van der Waals surface area contributed by atoms with Gasteiger partial charge >= 0.3 is 0 Å². The fourth-order valence-corrected chi connectivity index (χ4v) is 1.71. The lowest BCUT2D eigenvalue weighted by Gasteiger charge is -2.06. The fraction of sp³-hybridized carbons (Fsp3) is 0.167. The number of hydrogen-bond donors (Lipinski definition) is 1. The minimum atomic E-state index is -0.459. The quantitative estimate of drug-likeness (QED) is 0.945. The first-order valence-corrected chi connectivity index (χ1v) is 6.06. The van der Waals surface area contributed by atoms with Gasteiger partial charge in [0.1, 0.15) is 11.6 Å². The summed E-state index contributed by atoms with van der Waals surface area (Å²) in [6.45, 7) is 0.306. The number of rotatable bonds is 3. The Morgan fingerprint density at radius 1 is 1.56 bits per heavy atom. The van der Waals surface area contributed by atoms with Crippen molar-refractivity contribution in [1.82, 2.24) is 14.9 Å². The molecule has 0 fully saturated rings. The third-order valence-corrected chi connectivity index (χ3v) is 3.15. The van der Waals surface area contributed by atoms with Gasteiger partial charge in [-0.25, -0.2) is 9.37 Å². The molecule has 2 rings (SSSR count). The fourth-order valence-electron chi connectivity index (χ4n) is 1.47. The molecule has 18 heavy (non-hydrogen) atoms. The predicted molar refractivity (Wildman–Crippen MR) is 68.5 cm³/mol. The van der Waals surface area contributed by atoms with Gasteiger partial charge in [0.05, 0.1) is 11.0 Å². The van der Waals surface area contributed by atoms with Crippen molar-refractivity contribution >= 4 is 21.8 Å². The Bertz CT molecular complexity index is 582. The van der Waals surface area contributed by atoms with Crippen LogP contribution in [0.2, 0.25) is 0 Å². The predicted octanol–water partition coefficient (Wildman–Crippen LogP) is 2.25. The molecule has 0 aliphatic rings. The van der Waals surface area contributed by atoms with Crippen molar-refractivity contribution < 1.29 is 9.18 Å². The van der Waals surface area contributed by atoms with E-state index in [1.54, 1.807) is 18.5 Å². The van der Waals surface area contributed by atoms with E-state index >= 15 is 0 Å². The van der Waals surface area contributed by atoms with Crippen molar-refractivity contribution in [3.8, 4) is 0 Å². The zero-order valence-electron chi connectivity index (χ0n) is 9.65. The van der Waals surface area contributed by atoms with Crippen LogP contribution in [0.3, 0.4) is 0 Å². The van der Waals surface area contributed by atoms with Crippen LogP contribution in [0.1, 0.15) is 16.2 Å². The zero-order valence-corrected chi connectivity index (χ0v) is 11.2. The summed E-state index contributed by atoms with van der Waals surface area (Å²) in [6.07, 6.45) is 3.45. The van der Waals surface area contributed by atoms with E-state index in [4.69, 9.17) is 0 Å². The SMILES string of the molecule is Cn1ccnc1CNC(=O)c1ccc(Br)c(F)c1. The molecule has 1 aromatic heterocycles. The smallest absolute Gasteiger partial charge is 0.251 e. The van der Waals surface area contributed by atoms with E-state index in [1.165, 1.54) is 12.1 Å². The minimum absolute atomic E-state index is 0.282.